The Morgan fingerprint density at radius 3 is 2.39 bits per heavy atom. The zero-order chi connectivity index (χ0) is 23.5. The normalized spacial score (nSPS) is 14.5. The van der Waals surface area contributed by atoms with E-state index in [1.807, 2.05) is 49.1 Å². The molecule has 0 unspecified atom stereocenters. The Morgan fingerprint density at radius 2 is 1.73 bits per heavy atom. The first-order chi connectivity index (χ1) is 15.8. The fraction of sp³-hybridized carbons (Fsp3) is 0.360. The smallest absolute Gasteiger partial charge is 0.276 e. The SMILES string of the molecule is Cc1ccc(OCc2c(C(=O)N3CCN(Cc4c(Cl)cccc4Cl)CC3)noc2C)c(C)c1. The van der Waals surface area contributed by atoms with Crippen molar-refractivity contribution in [2.45, 2.75) is 33.9 Å². The van der Waals surface area contributed by atoms with E-state index in [4.69, 9.17) is 32.5 Å². The molecule has 0 N–H and O–H groups in total. The van der Waals surface area contributed by atoms with Crippen molar-refractivity contribution >= 4 is 29.1 Å². The maximum atomic E-state index is 13.2. The fourth-order valence-corrected chi connectivity index (χ4v) is 4.52. The Labute approximate surface area is 204 Å². The van der Waals surface area contributed by atoms with Crippen LogP contribution in [0, 0.1) is 20.8 Å². The van der Waals surface area contributed by atoms with Gasteiger partial charge in [0.1, 0.15) is 18.1 Å². The van der Waals surface area contributed by atoms with E-state index in [2.05, 4.69) is 16.1 Å². The van der Waals surface area contributed by atoms with Crippen LogP contribution in [-0.2, 0) is 13.2 Å². The summed E-state index contributed by atoms with van der Waals surface area (Å²) in [6.45, 7) is 9.34. The van der Waals surface area contributed by atoms with Gasteiger partial charge >= 0.3 is 0 Å². The van der Waals surface area contributed by atoms with E-state index in [-0.39, 0.29) is 12.5 Å². The van der Waals surface area contributed by atoms with Gasteiger partial charge in [-0.05, 0) is 44.5 Å². The lowest BCUT2D eigenvalue weighted by atomic mass is 10.1. The molecule has 1 amide bonds. The summed E-state index contributed by atoms with van der Waals surface area (Å²) >= 11 is 12.6. The molecule has 8 heteroatoms. The zero-order valence-corrected chi connectivity index (χ0v) is 20.5. The molecule has 6 nitrogen and oxygen atoms in total. The number of aryl methyl sites for hydroxylation is 3. The standard InChI is InChI=1S/C25H27Cl2N3O3/c1-16-7-8-23(17(2)13-16)32-15-20-18(3)33-28-24(20)25(31)30-11-9-29(10-12-30)14-19-21(26)5-4-6-22(19)27/h4-8,13H,9-12,14-15H2,1-3H3. The molecule has 1 aromatic heterocycles. The third-order valence-electron chi connectivity index (χ3n) is 5.99. The lowest BCUT2D eigenvalue weighted by Gasteiger charge is -2.34. The van der Waals surface area contributed by atoms with Gasteiger partial charge in [0.05, 0.1) is 5.56 Å². The Bertz CT molecular complexity index is 1130. The Balaban J connectivity index is 1.39. The first kappa shape index (κ1) is 23.6. The highest BCUT2D eigenvalue weighted by atomic mass is 35.5. The zero-order valence-electron chi connectivity index (χ0n) is 19.0. The molecule has 1 aliphatic heterocycles. The van der Waals surface area contributed by atoms with Crippen molar-refractivity contribution in [1.82, 2.24) is 15.0 Å². The van der Waals surface area contributed by atoms with E-state index in [9.17, 15) is 4.79 Å². The third kappa shape index (κ3) is 5.35. The number of halogens is 2. The minimum Gasteiger partial charge on any atom is -0.488 e. The number of ether oxygens (including phenoxy) is 1. The van der Waals surface area contributed by atoms with Crippen LogP contribution in [0.15, 0.2) is 40.9 Å². The van der Waals surface area contributed by atoms with E-state index in [0.717, 1.165) is 30.0 Å². The predicted molar refractivity (Wildman–Crippen MR) is 129 cm³/mol. The molecule has 0 spiro atoms. The predicted octanol–water partition coefficient (Wildman–Crippen LogP) is 5.44. The number of benzene rings is 2. The number of carbonyl (C=O) groups excluding carboxylic acids is 1. The minimum absolute atomic E-state index is 0.137. The van der Waals surface area contributed by atoms with Gasteiger partial charge in [0.2, 0.25) is 0 Å². The molecule has 0 saturated carbocycles. The van der Waals surface area contributed by atoms with Crippen molar-refractivity contribution in [3.8, 4) is 5.75 Å². The van der Waals surface area contributed by atoms with Gasteiger partial charge in [0.15, 0.2) is 5.69 Å². The van der Waals surface area contributed by atoms with Gasteiger partial charge in [0.25, 0.3) is 5.91 Å². The molecule has 0 aliphatic carbocycles. The second kappa shape index (κ2) is 10.2. The summed E-state index contributed by atoms with van der Waals surface area (Å²) in [5.74, 6) is 1.24. The summed E-state index contributed by atoms with van der Waals surface area (Å²) < 4.78 is 11.4. The van der Waals surface area contributed by atoms with Crippen LogP contribution in [0.5, 0.6) is 5.75 Å². The number of hydrogen-bond acceptors (Lipinski definition) is 5. The summed E-state index contributed by atoms with van der Waals surface area (Å²) in [5, 5.41) is 5.37. The first-order valence-corrected chi connectivity index (χ1v) is 11.7. The van der Waals surface area contributed by atoms with E-state index in [0.29, 0.717) is 46.7 Å². The van der Waals surface area contributed by atoms with Crippen molar-refractivity contribution < 1.29 is 14.1 Å². The van der Waals surface area contributed by atoms with Gasteiger partial charge in [-0.2, -0.15) is 0 Å². The average Bonchev–Trinajstić information content (AvgIpc) is 3.16. The first-order valence-electron chi connectivity index (χ1n) is 10.9. The third-order valence-corrected chi connectivity index (χ3v) is 6.70. The molecule has 3 aromatic rings. The van der Waals surface area contributed by atoms with Crippen LogP contribution in [0.25, 0.3) is 0 Å². The number of nitrogens with zero attached hydrogens (tertiary/aromatic N) is 3. The molecular weight excluding hydrogens is 461 g/mol. The summed E-state index contributed by atoms with van der Waals surface area (Å²) in [6, 6.07) is 11.5. The number of hydrogen-bond donors (Lipinski definition) is 0. The second-order valence-corrected chi connectivity index (χ2v) is 9.21. The van der Waals surface area contributed by atoms with Crippen LogP contribution >= 0.6 is 23.2 Å². The Kier molecular flexibility index (Phi) is 7.27. The van der Waals surface area contributed by atoms with Crippen molar-refractivity contribution in [2.75, 3.05) is 26.2 Å². The highest BCUT2D eigenvalue weighted by Gasteiger charge is 2.28. The number of carbonyl (C=O) groups is 1. The van der Waals surface area contributed by atoms with Crippen molar-refractivity contribution in [2.24, 2.45) is 0 Å². The fourth-order valence-electron chi connectivity index (χ4n) is 4.01. The molecular formula is C25H27Cl2N3O3. The van der Waals surface area contributed by atoms with Crippen LogP contribution < -0.4 is 4.74 Å². The molecule has 1 saturated heterocycles. The molecule has 174 valence electrons. The van der Waals surface area contributed by atoms with Crippen molar-refractivity contribution in [3.63, 3.8) is 0 Å². The summed E-state index contributed by atoms with van der Waals surface area (Å²) in [5.41, 5.74) is 4.14. The summed E-state index contributed by atoms with van der Waals surface area (Å²) in [4.78, 5) is 17.3. The molecule has 0 radical (unpaired) electrons. The van der Waals surface area contributed by atoms with Gasteiger partial charge in [-0.1, -0.05) is 52.1 Å². The number of aromatic nitrogens is 1. The molecule has 2 heterocycles. The van der Waals surface area contributed by atoms with Crippen LogP contribution in [0.1, 0.15) is 38.5 Å². The lowest BCUT2D eigenvalue weighted by Crippen LogP contribution is -2.48. The van der Waals surface area contributed by atoms with Gasteiger partial charge < -0.3 is 14.2 Å². The largest absolute Gasteiger partial charge is 0.488 e. The molecule has 0 atom stereocenters. The van der Waals surface area contributed by atoms with Crippen LogP contribution in [0.3, 0.4) is 0 Å². The maximum Gasteiger partial charge on any atom is 0.276 e. The Hall–Kier alpha value is -2.54. The van der Waals surface area contributed by atoms with Gasteiger partial charge in [0, 0.05) is 48.3 Å². The number of amides is 1. The molecule has 4 rings (SSSR count). The second-order valence-electron chi connectivity index (χ2n) is 8.39. The van der Waals surface area contributed by atoms with Crippen molar-refractivity contribution in [3.05, 3.63) is 80.2 Å². The van der Waals surface area contributed by atoms with E-state index < -0.39 is 0 Å². The van der Waals surface area contributed by atoms with Gasteiger partial charge in [-0.3, -0.25) is 9.69 Å². The van der Waals surface area contributed by atoms with Crippen molar-refractivity contribution in [1.29, 1.82) is 0 Å². The highest BCUT2D eigenvalue weighted by molar-refractivity contribution is 6.35. The van der Waals surface area contributed by atoms with E-state index in [1.165, 1.54) is 5.56 Å². The van der Waals surface area contributed by atoms with E-state index in [1.54, 1.807) is 6.92 Å². The topological polar surface area (TPSA) is 58.8 Å². The minimum atomic E-state index is -0.137. The number of piperazine rings is 1. The van der Waals surface area contributed by atoms with Gasteiger partial charge in [-0.15, -0.1) is 0 Å². The lowest BCUT2D eigenvalue weighted by molar-refractivity contribution is 0.0616. The van der Waals surface area contributed by atoms with Crippen LogP contribution in [-0.4, -0.2) is 47.0 Å². The number of rotatable bonds is 6. The monoisotopic (exact) mass is 487 g/mol. The summed E-state index contributed by atoms with van der Waals surface area (Å²) in [7, 11) is 0. The van der Waals surface area contributed by atoms with Gasteiger partial charge in [-0.25, -0.2) is 0 Å². The molecule has 1 aliphatic rings. The highest BCUT2D eigenvalue weighted by Crippen LogP contribution is 2.27. The van der Waals surface area contributed by atoms with E-state index >= 15 is 0 Å². The quantitative estimate of drug-likeness (QED) is 0.462. The van der Waals surface area contributed by atoms with Crippen LogP contribution in [0.4, 0.5) is 0 Å². The maximum absolute atomic E-state index is 13.2. The molecule has 2 aromatic carbocycles. The summed E-state index contributed by atoms with van der Waals surface area (Å²) in [6.07, 6.45) is 0. The molecule has 1 fully saturated rings. The average molecular weight is 488 g/mol. The molecule has 0 bridgehead atoms. The van der Waals surface area contributed by atoms with Crippen LogP contribution in [0.2, 0.25) is 10.0 Å². The molecule has 33 heavy (non-hydrogen) atoms. The Morgan fingerprint density at radius 1 is 1.03 bits per heavy atom.